The highest BCUT2D eigenvalue weighted by Crippen LogP contribution is 2.43. The van der Waals surface area contributed by atoms with Crippen LogP contribution in [0.5, 0.6) is 0 Å². The van der Waals surface area contributed by atoms with E-state index in [4.69, 9.17) is 46.9 Å². The summed E-state index contributed by atoms with van der Waals surface area (Å²) in [6, 6.07) is 0. The van der Waals surface area contributed by atoms with Gasteiger partial charge in [0.05, 0.1) is 59.5 Å². The van der Waals surface area contributed by atoms with Gasteiger partial charge in [0.15, 0.2) is 18.7 Å². The van der Waals surface area contributed by atoms with Crippen LogP contribution in [-0.2, 0) is 61.1 Å². The molecule has 0 aromatic carbocycles. The summed E-state index contributed by atoms with van der Waals surface area (Å²) in [5, 5.41) is 71.2. The molecule has 0 aromatic heterocycles. The number of hydrogen-bond acceptors (Lipinski definition) is 20. The van der Waals surface area contributed by atoms with E-state index in [2.05, 4.69) is 13.8 Å². The molecule has 2 fully saturated rings. The molecule has 2 aliphatic heterocycles. The molecule has 22 heteroatoms. The molecular formula is C53H101O21P. The summed E-state index contributed by atoms with van der Waals surface area (Å²) in [5.41, 5.74) is 0. The predicted octanol–water partition coefficient (Wildman–Crippen LogP) is 6.21. The van der Waals surface area contributed by atoms with Crippen LogP contribution in [0.4, 0.5) is 0 Å². The highest BCUT2D eigenvalue weighted by atomic mass is 31.2. The van der Waals surface area contributed by atoms with Crippen LogP contribution in [0, 0.1) is 0 Å². The van der Waals surface area contributed by atoms with Crippen molar-refractivity contribution in [2.45, 2.75) is 261 Å². The normalized spacial score (nSPS) is 25.3. The molecule has 75 heavy (non-hydrogen) atoms. The molecule has 0 aromatic rings. The van der Waals surface area contributed by atoms with Gasteiger partial charge in [-0.25, -0.2) is 4.57 Å². The number of carbonyl (C=O) groups is 2. The summed E-state index contributed by atoms with van der Waals surface area (Å²) in [6.07, 6.45) is 14.0. The summed E-state index contributed by atoms with van der Waals surface area (Å²) in [5.74, 6) is -0.958. The molecule has 0 aliphatic carbocycles. The van der Waals surface area contributed by atoms with Gasteiger partial charge in [-0.3, -0.25) is 18.6 Å². The maximum absolute atomic E-state index is 12.8. The lowest BCUT2D eigenvalue weighted by molar-refractivity contribution is -0.359. The zero-order chi connectivity index (χ0) is 54.9. The number of hydrogen-bond donors (Lipinski definition) is 8. The number of phosphoric ester groups is 1. The van der Waals surface area contributed by atoms with Gasteiger partial charge in [0, 0.05) is 12.8 Å². The molecule has 0 spiro atoms. The van der Waals surface area contributed by atoms with E-state index in [1.165, 1.54) is 116 Å². The largest absolute Gasteiger partial charge is 0.472 e. The molecule has 2 rings (SSSR count). The van der Waals surface area contributed by atoms with Crippen LogP contribution in [0.25, 0.3) is 0 Å². The number of aliphatic hydroxyl groups excluding tert-OH is 7. The molecule has 21 nitrogen and oxygen atoms in total. The number of rotatable bonds is 49. The van der Waals surface area contributed by atoms with Crippen molar-refractivity contribution in [2.24, 2.45) is 0 Å². The van der Waals surface area contributed by atoms with Crippen molar-refractivity contribution in [1.82, 2.24) is 0 Å². The van der Waals surface area contributed by atoms with E-state index < -0.39 is 107 Å². The van der Waals surface area contributed by atoms with Gasteiger partial charge in [0.25, 0.3) is 0 Å². The van der Waals surface area contributed by atoms with Gasteiger partial charge >= 0.3 is 19.8 Å². The Labute approximate surface area is 447 Å². The van der Waals surface area contributed by atoms with E-state index in [0.29, 0.717) is 12.8 Å². The number of carbonyl (C=O) groups excluding carboxylic acids is 2. The minimum Gasteiger partial charge on any atom is -0.462 e. The van der Waals surface area contributed by atoms with Gasteiger partial charge < -0.3 is 78.5 Å². The molecule has 12 atom stereocenters. The van der Waals surface area contributed by atoms with Crippen LogP contribution in [0.2, 0.25) is 0 Å². The lowest BCUT2D eigenvalue weighted by Gasteiger charge is -2.45. The van der Waals surface area contributed by atoms with E-state index in [9.17, 15) is 54.8 Å². The first-order chi connectivity index (χ1) is 36.3. The molecule has 2 unspecified atom stereocenters. The zero-order valence-corrected chi connectivity index (χ0v) is 46.4. The van der Waals surface area contributed by atoms with Crippen LogP contribution >= 0.6 is 7.82 Å². The number of esters is 2. The molecule has 0 amide bonds. The SMILES string of the molecule is CCCCCCCCCCCCCCCC(=O)OCC(COP(=O)(O)OCCOCCOCCO[C@@H]1O[C@H](CO)[C@@H](O[C@@H]2O[C@H](CO)[C@H](O)[C@H](O)[C@H]2O)[C@H](O)[C@H]1O)OC(=O)CCCCCCCCCCCCCCC. The summed E-state index contributed by atoms with van der Waals surface area (Å²) in [4.78, 5) is 35.8. The summed E-state index contributed by atoms with van der Waals surface area (Å²) in [6.45, 7) is 1.67. The van der Waals surface area contributed by atoms with Crippen LogP contribution in [-0.4, -0.2) is 186 Å². The van der Waals surface area contributed by atoms with Gasteiger partial charge in [-0.05, 0) is 12.8 Å². The van der Waals surface area contributed by atoms with E-state index in [0.717, 1.165) is 38.5 Å². The molecule has 0 bridgehead atoms. The first-order valence-electron chi connectivity index (χ1n) is 28.6. The monoisotopic (exact) mass is 1100 g/mol. The van der Waals surface area contributed by atoms with Crippen LogP contribution in [0.15, 0.2) is 0 Å². The van der Waals surface area contributed by atoms with Crippen LogP contribution < -0.4 is 0 Å². The minimum absolute atomic E-state index is 0.0172. The van der Waals surface area contributed by atoms with Crippen molar-refractivity contribution in [3.8, 4) is 0 Å². The molecule has 0 radical (unpaired) electrons. The molecule has 0 saturated carbocycles. The van der Waals surface area contributed by atoms with E-state index >= 15 is 0 Å². The molecule has 2 saturated heterocycles. The molecule has 2 heterocycles. The first kappa shape index (κ1) is 69.6. The maximum atomic E-state index is 12.8. The van der Waals surface area contributed by atoms with Crippen molar-refractivity contribution in [2.75, 3.05) is 66.1 Å². The number of aliphatic hydroxyl groups is 7. The second-order valence-electron chi connectivity index (χ2n) is 20.0. The van der Waals surface area contributed by atoms with Crippen molar-refractivity contribution in [3.63, 3.8) is 0 Å². The third-order valence-corrected chi connectivity index (χ3v) is 14.4. The summed E-state index contributed by atoms with van der Waals surface area (Å²) >= 11 is 0. The zero-order valence-electron chi connectivity index (χ0n) is 45.6. The Bertz CT molecular complexity index is 1430. The van der Waals surface area contributed by atoms with Crippen molar-refractivity contribution >= 4 is 19.8 Å². The van der Waals surface area contributed by atoms with E-state index in [1.807, 2.05) is 0 Å². The number of unbranched alkanes of at least 4 members (excludes halogenated alkanes) is 24. The van der Waals surface area contributed by atoms with E-state index in [1.54, 1.807) is 0 Å². The second-order valence-corrected chi connectivity index (χ2v) is 21.4. The van der Waals surface area contributed by atoms with E-state index in [-0.39, 0.29) is 59.1 Å². The topological polar surface area (TPSA) is 305 Å². The van der Waals surface area contributed by atoms with Crippen molar-refractivity contribution in [3.05, 3.63) is 0 Å². The van der Waals surface area contributed by atoms with Crippen LogP contribution in [0.3, 0.4) is 0 Å². The Morgan fingerprint density at radius 3 is 1.40 bits per heavy atom. The van der Waals surface area contributed by atoms with Gasteiger partial charge in [-0.15, -0.1) is 0 Å². The average Bonchev–Trinajstić information content (AvgIpc) is 3.39. The third kappa shape index (κ3) is 32.4. The Hall–Kier alpha value is -1.47. The van der Waals surface area contributed by atoms with Gasteiger partial charge in [0.1, 0.15) is 55.4 Å². The van der Waals surface area contributed by atoms with Crippen molar-refractivity contribution in [1.29, 1.82) is 0 Å². The fourth-order valence-electron chi connectivity index (χ4n) is 8.86. The highest BCUT2D eigenvalue weighted by Gasteiger charge is 2.50. The number of ether oxygens (including phenoxy) is 8. The Morgan fingerprint density at radius 1 is 0.480 bits per heavy atom. The predicted molar refractivity (Wildman–Crippen MR) is 277 cm³/mol. The standard InChI is InChI=1S/C53H101O21P/c1-3-5-7-9-11-13-15-17-19-21-23-25-27-29-44(56)68-39-41(71-45(57)30-28-26-24-22-20-18-16-14-12-10-8-6-4-2)40-70-75(63,64)69-36-34-66-32-31-65-33-35-67-52-50(62)48(60)51(43(38-55)73-52)74-53-49(61)47(59)46(58)42(37-54)72-53/h41-43,46-55,58-62H,3-40H2,1-2H3,(H,63,64)/t41?,42-,43-,46+,47+,48-,49-,50-,51-,52-,53+/m1/s1. The average molecular weight is 1110 g/mol. The lowest BCUT2D eigenvalue weighted by Crippen LogP contribution is -2.64. The van der Waals surface area contributed by atoms with Crippen molar-refractivity contribution < 1.29 is 102 Å². The second kappa shape index (κ2) is 44.3. The van der Waals surface area contributed by atoms with Gasteiger partial charge in [0.2, 0.25) is 0 Å². The Balaban J connectivity index is 1.68. The Morgan fingerprint density at radius 2 is 0.907 bits per heavy atom. The highest BCUT2D eigenvalue weighted by molar-refractivity contribution is 7.47. The smallest absolute Gasteiger partial charge is 0.462 e. The molecular weight excluding hydrogens is 1000 g/mol. The first-order valence-corrected chi connectivity index (χ1v) is 30.1. The Kier molecular flexibility index (Phi) is 41.1. The van der Waals surface area contributed by atoms with Gasteiger partial charge in [-0.2, -0.15) is 0 Å². The van der Waals surface area contributed by atoms with Gasteiger partial charge in [-0.1, -0.05) is 168 Å². The summed E-state index contributed by atoms with van der Waals surface area (Å²) < 4.78 is 66.7. The fourth-order valence-corrected chi connectivity index (χ4v) is 9.59. The molecule has 2 aliphatic rings. The maximum Gasteiger partial charge on any atom is 0.472 e. The lowest BCUT2D eigenvalue weighted by atomic mass is 9.97. The summed E-state index contributed by atoms with van der Waals surface area (Å²) in [7, 11) is -4.64. The minimum atomic E-state index is -4.64. The fraction of sp³-hybridized carbons (Fsp3) is 0.962. The van der Waals surface area contributed by atoms with Crippen LogP contribution in [0.1, 0.15) is 194 Å². The number of phosphoric acid groups is 1. The molecule has 8 N–H and O–H groups in total. The molecule has 444 valence electrons. The third-order valence-electron chi connectivity index (χ3n) is 13.4. The quantitative estimate of drug-likeness (QED) is 0.0191.